The molecule has 2 aromatic rings. The molecule has 0 bridgehead atoms. The Bertz CT molecular complexity index is 665. The number of thiazole rings is 1. The van der Waals surface area contributed by atoms with Gasteiger partial charge in [0, 0.05) is 16.5 Å². The van der Waals surface area contributed by atoms with Gasteiger partial charge in [-0.3, -0.25) is 10.1 Å². The van der Waals surface area contributed by atoms with Crippen LogP contribution in [0.15, 0.2) is 35.7 Å². The number of anilines is 1. The lowest BCUT2D eigenvalue weighted by molar-refractivity contribution is -0.111. The molecule has 0 saturated carbocycles. The highest BCUT2D eigenvalue weighted by Crippen LogP contribution is 2.15. The molecule has 102 valence electrons. The minimum Gasteiger partial charge on any atom is -0.476 e. The van der Waals surface area contributed by atoms with Crippen LogP contribution in [0.2, 0.25) is 5.02 Å². The van der Waals surface area contributed by atoms with Crippen molar-refractivity contribution < 1.29 is 14.7 Å². The summed E-state index contributed by atoms with van der Waals surface area (Å²) in [5.41, 5.74) is 0.738. The first-order chi connectivity index (χ1) is 9.54. The summed E-state index contributed by atoms with van der Waals surface area (Å²) in [5.74, 6) is -1.51. The van der Waals surface area contributed by atoms with Crippen LogP contribution >= 0.6 is 22.9 Å². The molecule has 0 aliphatic rings. The quantitative estimate of drug-likeness (QED) is 0.850. The first-order valence-corrected chi connectivity index (χ1v) is 6.74. The minimum absolute atomic E-state index is 0.0908. The van der Waals surface area contributed by atoms with E-state index in [2.05, 4.69) is 10.3 Å². The van der Waals surface area contributed by atoms with Crippen molar-refractivity contribution in [3.05, 3.63) is 52.0 Å². The molecule has 0 fully saturated rings. The van der Waals surface area contributed by atoms with Gasteiger partial charge in [-0.2, -0.15) is 0 Å². The first kappa shape index (κ1) is 14.2. The second kappa shape index (κ2) is 6.31. The lowest BCUT2D eigenvalue weighted by atomic mass is 10.2. The summed E-state index contributed by atoms with van der Waals surface area (Å²) in [5, 5.41) is 13.4. The molecular weight excluding hydrogens is 300 g/mol. The van der Waals surface area contributed by atoms with Crippen molar-refractivity contribution in [1.82, 2.24) is 4.98 Å². The fraction of sp³-hybridized carbons (Fsp3) is 0. The molecule has 20 heavy (non-hydrogen) atoms. The zero-order valence-electron chi connectivity index (χ0n) is 10.0. The van der Waals surface area contributed by atoms with Gasteiger partial charge in [-0.05, 0) is 23.8 Å². The van der Waals surface area contributed by atoms with Crippen LogP contribution in [-0.2, 0) is 4.79 Å². The van der Waals surface area contributed by atoms with Gasteiger partial charge < -0.3 is 5.11 Å². The lowest BCUT2D eigenvalue weighted by Crippen LogP contribution is -2.08. The number of nitrogens with zero attached hydrogens (tertiary/aromatic N) is 1. The fourth-order valence-corrected chi connectivity index (χ4v) is 2.14. The number of hydrogen-bond acceptors (Lipinski definition) is 4. The highest BCUT2D eigenvalue weighted by Gasteiger charge is 2.09. The van der Waals surface area contributed by atoms with Gasteiger partial charge in [0.15, 0.2) is 10.8 Å². The van der Waals surface area contributed by atoms with Crippen molar-refractivity contribution in [3.8, 4) is 0 Å². The van der Waals surface area contributed by atoms with Crippen LogP contribution in [0.3, 0.4) is 0 Å². The molecule has 5 nitrogen and oxygen atoms in total. The van der Waals surface area contributed by atoms with E-state index >= 15 is 0 Å². The topological polar surface area (TPSA) is 79.3 Å². The van der Waals surface area contributed by atoms with Crippen molar-refractivity contribution in [1.29, 1.82) is 0 Å². The van der Waals surface area contributed by atoms with Crippen molar-refractivity contribution in [2.75, 3.05) is 5.32 Å². The highest BCUT2D eigenvalue weighted by molar-refractivity contribution is 7.14. The van der Waals surface area contributed by atoms with E-state index < -0.39 is 5.97 Å². The average Bonchev–Trinajstić information content (AvgIpc) is 2.87. The number of nitrogens with one attached hydrogen (secondary N) is 1. The monoisotopic (exact) mass is 308 g/mol. The third kappa shape index (κ3) is 3.91. The normalized spacial score (nSPS) is 10.7. The Balaban J connectivity index is 1.97. The van der Waals surface area contributed by atoms with E-state index in [0.717, 1.165) is 16.9 Å². The molecule has 0 saturated heterocycles. The Morgan fingerprint density at radius 3 is 2.60 bits per heavy atom. The third-order valence-electron chi connectivity index (χ3n) is 2.25. The summed E-state index contributed by atoms with van der Waals surface area (Å²) in [6.45, 7) is 0. The second-order valence-corrected chi connectivity index (χ2v) is 5.01. The molecule has 1 aromatic heterocycles. The Hall–Kier alpha value is -2.18. The van der Waals surface area contributed by atoms with Crippen LogP contribution in [0, 0.1) is 0 Å². The maximum absolute atomic E-state index is 11.6. The molecule has 0 unspecified atom stereocenters. The van der Waals surface area contributed by atoms with Gasteiger partial charge in [-0.1, -0.05) is 23.7 Å². The van der Waals surface area contributed by atoms with E-state index in [1.54, 1.807) is 30.3 Å². The van der Waals surface area contributed by atoms with Crippen LogP contribution in [0.5, 0.6) is 0 Å². The number of halogens is 1. The number of aromatic nitrogens is 1. The average molecular weight is 309 g/mol. The van der Waals surface area contributed by atoms with E-state index in [1.165, 1.54) is 11.5 Å². The van der Waals surface area contributed by atoms with Gasteiger partial charge >= 0.3 is 5.97 Å². The smallest absolute Gasteiger partial charge is 0.355 e. The van der Waals surface area contributed by atoms with E-state index in [1.807, 2.05) is 0 Å². The number of carboxylic acids is 1. The minimum atomic E-state index is -1.13. The van der Waals surface area contributed by atoms with Crippen LogP contribution in [0.25, 0.3) is 6.08 Å². The number of rotatable bonds is 4. The maximum atomic E-state index is 11.6. The summed E-state index contributed by atoms with van der Waals surface area (Å²) >= 11 is 6.81. The number of carboxylic acid groups (broad SMARTS) is 1. The van der Waals surface area contributed by atoms with E-state index in [0.29, 0.717) is 5.02 Å². The highest BCUT2D eigenvalue weighted by atomic mass is 35.5. The number of benzene rings is 1. The molecule has 0 aliphatic carbocycles. The second-order valence-electron chi connectivity index (χ2n) is 3.72. The number of carbonyl (C=O) groups excluding carboxylic acids is 1. The Morgan fingerprint density at radius 2 is 2.00 bits per heavy atom. The van der Waals surface area contributed by atoms with Gasteiger partial charge in [0.25, 0.3) is 0 Å². The van der Waals surface area contributed by atoms with Crippen LogP contribution in [0.4, 0.5) is 5.13 Å². The van der Waals surface area contributed by atoms with Crippen molar-refractivity contribution in [3.63, 3.8) is 0 Å². The van der Waals surface area contributed by atoms with Gasteiger partial charge in [-0.25, -0.2) is 9.78 Å². The molecule has 2 N–H and O–H groups in total. The standard InChI is InChI=1S/C13H9ClN2O3S/c14-9-4-1-8(2-5-9)3-6-11(17)16-13-15-10(7-20-13)12(18)19/h1-7H,(H,18,19)(H,15,16,17)/b6-3+. The number of hydrogen-bond donors (Lipinski definition) is 2. The van der Waals surface area contributed by atoms with Crippen molar-refractivity contribution >= 4 is 46.0 Å². The van der Waals surface area contributed by atoms with Crippen molar-refractivity contribution in [2.24, 2.45) is 0 Å². The zero-order valence-corrected chi connectivity index (χ0v) is 11.6. The Morgan fingerprint density at radius 1 is 1.30 bits per heavy atom. The molecule has 0 radical (unpaired) electrons. The molecule has 7 heteroatoms. The van der Waals surface area contributed by atoms with Gasteiger partial charge in [0.1, 0.15) is 0 Å². The number of aromatic carboxylic acids is 1. The predicted octanol–water partition coefficient (Wildman–Crippen LogP) is 3.15. The predicted molar refractivity (Wildman–Crippen MR) is 78.2 cm³/mol. The van der Waals surface area contributed by atoms with Crippen LogP contribution in [-0.4, -0.2) is 22.0 Å². The van der Waals surface area contributed by atoms with Crippen LogP contribution < -0.4 is 5.32 Å². The van der Waals surface area contributed by atoms with Gasteiger partial charge in [0.05, 0.1) is 0 Å². The molecule has 0 atom stereocenters. The molecule has 1 heterocycles. The van der Waals surface area contributed by atoms with Gasteiger partial charge in [0.2, 0.25) is 5.91 Å². The van der Waals surface area contributed by atoms with Gasteiger partial charge in [-0.15, -0.1) is 11.3 Å². The Kier molecular flexibility index (Phi) is 4.49. The van der Waals surface area contributed by atoms with Crippen molar-refractivity contribution in [2.45, 2.75) is 0 Å². The molecular formula is C13H9ClN2O3S. The molecule has 0 spiro atoms. The molecule has 2 rings (SSSR count). The van der Waals surface area contributed by atoms with E-state index in [4.69, 9.17) is 16.7 Å². The summed E-state index contributed by atoms with van der Waals surface area (Å²) in [4.78, 5) is 26.0. The zero-order chi connectivity index (χ0) is 14.5. The third-order valence-corrected chi connectivity index (χ3v) is 3.26. The van der Waals surface area contributed by atoms with E-state index in [-0.39, 0.29) is 16.7 Å². The number of carbonyl (C=O) groups is 2. The first-order valence-electron chi connectivity index (χ1n) is 5.48. The molecule has 1 amide bonds. The van der Waals surface area contributed by atoms with E-state index in [9.17, 15) is 9.59 Å². The maximum Gasteiger partial charge on any atom is 0.355 e. The summed E-state index contributed by atoms with van der Waals surface area (Å²) < 4.78 is 0. The Labute approximate surface area is 123 Å². The number of amides is 1. The lowest BCUT2D eigenvalue weighted by Gasteiger charge is -1.96. The molecule has 1 aromatic carbocycles. The fourth-order valence-electron chi connectivity index (χ4n) is 1.32. The van der Waals surface area contributed by atoms with Crippen LogP contribution in [0.1, 0.15) is 16.1 Å². The molecule has 0 aliphatic heterocycles. The summed E-state index contributed by atoms with van der Waals surface area (Å²) in [7, 11) is 0. The SMILES string of the molecule is O=C(/C=C/c1ccc(Cl)cc1)Nc1nc(C(=O)O)cs1. The summed E-state index contributed by atoms with van der Waals surface area (Å²) in [6, 6.07) is 6.99. The summed E-state index contributed by atoms with van der Waals surface area (Å²) in [6.07, 6.45) is 2.96. The largest absolute Gasteiger partial charge is 0.476 e.